The van der Waals surface area contributed by atoms with E-state index >= 15 is 0 Å². The number of alkyl halides is 6. The minimum atomic E-state index is -4.90. The third-order valence-corrected chi connectivity index (χ3v) is 3.51. The highest BCUT2D eigenvalue weighted by atomic mass is 79.9. The first-order chi connectivity index (χ1) is 11.3. The molecule has 0 spiro atoms. The van der Waals surface area contributed by atoms with E-state index in [-0.39, 0.29) is 6.07 Å². The summed E-state index contributed by atoms with van der Waals surface area (Å²) < 4.78 is 95.9. The largest absolute Gasteiger partial charge is 0.490 e. The highest BCUT2D eigenvalue weighted by molar-refractivity contribution is 9.10. The standard InChI is InChI=1S/C14H10BrF7N2O/c1-5(2)25-9-3-6(8(16)4-7(9)13(17,18)19)12-23-10(11(15)24-12)14(20,21)22/h3-5H,1-2H3,(H,23,24). The number of nitrogens with zero attached hydrogens (tertiary/aromatic N) is 1. The number of rotatable bonds is 3. The summed E-state index contributed by atoms with van der Waals surface area (Å²) in [4.78, 5) is 5.34. The molecule has 0 aliphatic carbocycles. The van der Waals surface area contributed by atoms with Crippen LogP contribution in [0.15, 0.2) is 16.7 Å². The molecule has 0 fully saturated rings. The van der Waals surface area contributed by atoms with E-state index in [1.54, 1.807) is 0 Å². The number of hydrogen-bond acceptors (Lipinski definition) is 2. The SMILES string of the molecule is CC(C)Oc1cc(-c2nc(Br)c(C(F)(F)F)[nH]2)c(F)cc1C(F)(F)F. The number of H-pyrrole nitrogens is 1. The number of nitrogens with one attached hydrogen (secondary N) is 1. The van der Waals surface area contributed by atoms with Gasteiger partial charge in [-0.15, -0.1) is 0 Å². The summed E-state index contributed by atoms with van der Waals surface area (Å²) in [6.45, 7) is 2.91. The van der Waals surface area contributed by atoms with Gasteiger partial charge in [0.25, 0.3) is 0 Å². The number of aromatic nitrogens is 2. The Morgan fingerprint density at radius 1 is 1.08 bits per heavy atom. The lowest BCUT2D eigenvalue weighted by Crippen LogP contribution is -2.14. The number of benzene rings is 1. The lowest BCUT2D eigenvalue weighted by molar-refractivity contribution is -0.141. The molecule has 0 aliphatic rings. The number of aromatic amines is 1. The second-order valence-corrected chi connectivity index (χ2v) is 5.99. The van der Waals surface area contributed by atoms with Crippen LogP contribution in [0.2, 0.25) is 0 Å². The molecule has 2 rings (SSSR count). The molecule has 0 amide bonds. The van der Waals surface area contributed by atoms with Crippen molar-refractivity contribution in [3.05, 3.63) is 33.8 Å². The van der Waals surface area contributed by atoms with Crippen molar-refractivity contribution < 1.29 is 35.5 Å². The van der Waals surface area contributed by atoms with Gasteiger partial charge >= 0.3 is 12.4 Å². The van der Waals surface area contributed by atoms with Crippen molar-refractivity contribution in [1.29, 1.82) is 0 Å². The fourth-order valence-corrected chi connectivity index (χ4v) is 2.48. The van der Waals surface area contributed by atoms with Crippen molar-refractivity contribution in [3.63, 3.8) is 0 Å². The van der Waals surface area contributed by atoms with Gasteiger partial charge in [-0.2, -0.15) is 26.3 Å². The van der Waals surface area contributed by atoms with Crippen LogP contribution in [0.25, 0.3) is 11.4 Å². The van der Waals surface area contributed by atoms with E-state index in [1.165, 1.54) is 13.8 Å². The second kappa shape index (κ2) is 6.50. The molecule has 138 valence electrons. The molecule has 1 aromatic carbocycles. The molecule has 1 heterocycles. The van der Waals surface area contributed by atoms with Gasteiger partial charge in [0.2, 0.25) is 0 Å². The van der Waals surface area contributed by atoms with E-state index in [0.29, 0.717) is 6.07 Å². The van der Waals surface area contributed by atoms with E-state index in [2.05, 4.69) is 20.9 Å². The van der Waals surface area contributed by atoms with Crippen LogP contribution < -0.4 is 4.74 Å². The molecule has 25 heavy (non-hydrogen) atoms. The van der Waals surface area contributed by atoms with Crippen LogP contribution in [0, 0.1) is 5.82 Å². The third-order valence-electron chi connectivity index (χ3n) is 2.94. The van der Waals surface area contributed by atoms with Crippen molar-refractivity contribution in [2.75, 3.05) is 0 Å². The Bertz CT molecular complexity index is 781. The minimum absolute atomic E-state index is 0.163. The first-order valence-electron chi connectivity index (χ1n) is 6.71. The van der Waals surface area contributed by atoms with Gasteiger partial charge in [0, 0.05) is 0 Å². The molecule has 2 aromatic rings. The Morgan fingerprint density at radius 3 is 2.12 bits per heavy atom. The first kappa shape index (κ1) is 19.5. The molecule has 0 aliphatic heterocycles. The van der Waals surface area contributed by atoms with Crippen molar-refractivity contribution in [1.82, 2.24) is 9.97 Å². The summed E-state index contributed by atoms with van der Waals surface area (Å²) in [5, 5.41) is 0. The average Bonchev–Trinajstić information content (AvgIpc) is 2.80. The van der Waals surface area contributed by atoms with Crippen LogP contribution in [0.1, 0.15) is 25.1 Å². The normalized spacial score (nSPS) is 12.8. The summed E-state index contributed by atoms with van der Waals surface area (Å²) in [5.74, 6) is -2.68. The molecule has 1 N–H and O–H groups in total. The third kappa shape index (κ3) is 4.25. The quantitative estimate of drug-likeness (QED) is 0.619. The molecule has 0 saturated heterocycles. The number of halogens is 8. The Kier molecular flexibility index (Phi) is 5.08. The number of ether oxygens (including phenoxy) is 1. The van der Waals surface area contributed by atoms with Gasteiger partial charge < -0.3 is 9.72 Å². The molecule has 0 atom stereocenters. The Balaban J connectivity index is 2.63. The molecule has 11 heteroatoms. The van der Waals surface area contributed by atoms with Crippen molar-refractivity contribution >= 4 is 15.9 Å². The van der Waals surface area contributed by atoms with Gasteiger partial charge in [-0.3, -0.25) is 0 Å². The number of imidazole rings is 1. The predicted octanol–water partition coefficient (Wildman–Crippen LogP) is 5.80. The predicted molar refractivity (Wildman–Crippen MR) is 77.4 cm³/mol. The Morgan fingerprint density at radius 2 is 1.68 bits per heavy atom. The molecule has 0 bridgehead atoms. The topological polar surface area (TPSA) is 37.9 Å². The zero-order chi connectivity index (χ0) is 19.2. The van der Waals surface area contributed by atoms with Gasteiger partial charge in [-0.1, -0.05) is 0 Å². The highest BCUT2D eigenvalue weighted by Gasteiger charge is 2.38. The van der Waals surface area contributed by atoms with E-state index in [9.17, 15) is 30.7 Å². The molecular weight excluding hydrogens is 425 g/mol. The summed E-state index contributed by atoms with van der Waals surface area (Å²) in [6.07, 6.45) is -10.4. The number of hydrogen-bond donors (Lipinski definition) is 1. The van der Waals surface area contributed by atoms with Crippen LogP contribution >= 0.6 is 15.9 Å². The molecule has 1 aromatic heterocycles. The molecule has 0 saturated carbocycles. The van der Waals surface area contributed by atoms with Crippen LogP contribution in [0.4, 0.5) is 30.7 Å². The van der Waals surface area contributed by atoms with E-state index in [4.69, 9.17) is 4.74 Å². The second-order valence-electron chi connectivity index (χ2n) is 5.24. The average molecular weight is 435 g/mol. The van der Waals surface area contributed by atoms with E-state index in [0.717, 1.165) is 0 Å². The van der Waals surface area contributed by atoms with E-state index in [1.807, 2.05) is 4.98 Å². The molecular formula is C14H10BrF7N2O. The summed E-state index contributed by atoms with van der Waals surface area (Å²) in [5.41, 5.74) is -3.24. The summed E-state index contributed by atoms with van der Waals surface area (Å²) in [6, 6.07) is 0.834. The van der Waals surface area contributed by atoms with Gasteiger partial charge in [0.1, 0.15) is 27.6 Å². The fourth-order valence-electron chi connectivity index (χ4n) is 1.98. The fraction of sp³-hybridized carbons (Fsp3) is 0.357. The highest BCUT2D eigenvalue weighted by Crippen LogP contribution is 2.41. The lowest BCUT2D eigenvalue weighted by atomic mass is 10.1. The van der Waals surface area contributed by atoms with Gasteiger partial charge in [-0.05, 0) is 41.9 Å². The minimum Gasteiger partial charge on any atom is -0.490 e. The maximum atomic E-state index is 14.1. The van der Waals surface area contributed by atoms with Crippen molar-refractivity contribution in [2.24, 2.45) is 0 Å². The van der Waals surface area contributed by atoms with Crippen LogP contribution in [0.3, 0.4) is 0 Å². The summed E-state index contributed by atoms with van der Waals surface area (Å²) >= 11 is 2.58. The Labute approximate surface area is 145 Å². The van der Waals surface area contributed by atoms with Gasteiger partial charge in [-0.25, -0.2) is 9.37 Å². The molecule has 0 unspecified atom stereocenters. The van der Waals surface area contributed by atoms with E-state index < -0.39 is 57.3 Å². The maximum absolute atomic E-state index is 14.1. The maximum Gasteiger partial charge on any atom is 0.433 e. The van der Waals surface area contributed by atoms with Crippen LogP contribution in [-0.4, -0.2) is 16.1 Å². The van der Waals surface area contributed by atoms with Gasteiger partial charge in [0.15, 0.2) is 5.69 Å². The molecule has 0 radical (unpaired) electrons. The molecule has 3 nitrogen and oxygen atoms in total. The monoisotopic (exact) mass is 434 g/mol. The zero-order valence-electron chi connectivity index (χ0n) is 12.6. The van der Waals surface area contributed by atoms with Crippen molar-refractivity contribution in [3.8, 4) is 17.1 Å². The first-order valence-corrected chi connectivity index (χ1v) is 7.50. The zero-order valence-corrected chi connectivity index (χ0v) is 14.2. The van der Waals surface area contributed by atoms with Crippen molar-refractivity contribution in [2.45, 2.75) is 32.3 Å². The summed E-state index contributed by atoms with van der Waals surface area (Å²) in [7, 11) is 0. The Hall–Kier alpha value is -1.78. The van der Waals surface area contributed by atoms with Crippen LogP contribution in [-0.2, 0) is 12.4 Å². The lowest BCUT2D eigenvalue weighted by Gasteiger charge is -2.17. The van der Waals surface area contributed by atoms with Gasteiger partial charge in [0.05, 0.1) is 11.7 Å². The smallest absolute Gasteiger partial charge is 0.433 e. The van der Waals surface area contributed by atoms with Crippen LogP contribution in [0.5, 0.6) is 5.75 Å².